The average Bonchev–Trinajstić information content (AvgIpc) is 2.36. The minimum Gasteiger partial charge on any atom is -0.479 e. The molecule has 3 N–H and O–H groups in total. The summed E-state index contributed by atoms with van der Waals surface area (Å²) in [5, 5.41) is 20.8. The molecule has 110 valence electrons. The number of likely N-dealkylation sites (tertiary alicyclic amines) is 1. The zero-order chi connectivity index (χ0) is 14.6. The molecule has 0 aromatic heterocycles. The minimum absolute atomic E-state index is 0.301. The molecule has 0 bridgehead atoms. The third-order valence-corrected chi connectivity index (χ3v) is 3.46. The molecule has 0 aromatic rings. The van der Waals surface area contributed by atoms with Crippen molar-refractivity contribution in [1.82, 2.24) is 15.1 Å². The lowest BCUT2D eigenvalue weighted by Gasteiger charge is -2.36. The third-order valence-electron chi connectivity index (χ3n) is 3.46. The van der Waals surface area contributed by atoms with E-state index in [-0.39, 0.29) is 12.6 Å². The molecule has 2 unspecified atom stereocenters. The molecule has 2 atom stereocenters. The van der Waals surface area contributed by atoms with Crippen LogP contribution in [0.2, 0.25) is 0 Å². The number of amides is 2. The smallest absolute Gasteiger partial charge is 0.337 e. The number of rotatable bonds is 4. The number of urea groups is 1. The van der Waals surface area contributed by atoms with Crippen molar-refractivity contribution in [2.45, 2.75) is 31.4 Å². The van der Waals surface area contributed by atoms with Crippen LogP contribution in [0.15, 0.2) is 0 Å². The van der Waals surface area contributed by atoms with Crippen LogP contribution in [0.1, 0.15) is 19.8 Å². The van der Waals surface area contributed by atoms with Crippen molar-refractivity contribution in [1.29, 1.82) is 0 Å². The van der Waals surface area contributed by atoms with Crippen molar-refractivity contribution >= 4 is 12.0 Å². The van der Waals surface area contributed by atoms with E-state index in [0.29, 0.717) is 19.1 Å². The van der Waals surface area contributed by atoms with E-state index in [1.807, 2.05) is 14.1 Å². The Hall–Kier alpha value is -1.34. The molecule has 1 fully saturated rings. The summed E-state index contributed by atoms with van der Waals surface area (Å²) in [6.45, 7) is 2.14. The Labute approximate surface area is 113 Å². The number of nitrogens with one attached hydrogen (secondary N) is 1. The van der Waals surface area contributed by atoms with Gasteiger partial charge in [0.2, 0.25) is 0 Å². The van der Waals surface area contributed by atoms with Gasteiger partial charge in [-0.25, -0.2) is 9.59 Å². The fraction of sp³-hybridized carbons (Fsp3) is 0.833. The number of piperidine rings is 1. The van der Waals surface area contributed by atoms with Gasteiger partial charge in [0.05, 0.1) is 6.54 Å². The molecule has 2 amide bonds. The van der Waals surface area contributed by atoms with Crippen LogP contribution < -0.4 is 5.32 Å². The Morgan fingerprint density at radius 3 is 2.63 bits per heavy atom. The molecule has 0 aromatic carbocycles. The van der Waals surface area contributed by atoms with Gasteiger partial charge in [-0.3, -0.25) is 0 Å². The second kappa shape index (κ2) is 6.21. The molecular weight excluding hydrogens is 250 g/mol. The molecule has 19 heavy (non-hydrogen) atoms. The van der Waals surface area contributed by atoms with E-state index in [4.69, 9.17) is 5.11 Å². The zero-order valence-electron chi connectivity index (χ0n) is 11.7. The first-order chi connectivity index (χ1) is 8.74. The molecule has 0 radical (unpaired) electrons. The molecule has 0 saturated carbocycles. The monoisotopic (exact) mass is 273 g/mol. The largest absolute Gasteiger partial charge is 0.479 e. The van der Waals surface area contributed by atoms with Gasteiger partial charge >= 0.3 is 12.0 Å². The Balaban J connectivity index is 2.47. The molecule has 1 saturated heterocycles. The molecule has 1 aliphatic heterocycles. The maximum Gasteiger partial charge on any atom is 0.337 e. The third kappa shape index (κ3) is 4.36. The second-order valence-corrected chi connectivity index (χ2v) is 5.44. The van der Waals surface area contributed by atoms with Gasteiger partial charge in [-0.2, -0.15) is 0 Å². The molecule has 0 aliphatic carbocycles. The number of hydrogen-bond donors (Lipinski definition) is 3. The highest BCUT2D eigenvalue weighted by atomic mass is 16.4. The molecule has 1 rings (SSSR count). The number of carboxylic acid groups (broad SMARTS) is 1. The van der Waals surface area contributed by atoms with Gasteiger partial charge in [-0.15, -0.1) is 0 Å². The molecule has 0 spiro atoms. The summed E-state index contributed by atoms with van der Waals surface area (Å²) >= 11 is 0. The van der Waals surface area contributed by atoms with E-state index in [2.05, 4.69) is 10.2 Å². The number of carbonyl (C=O) groups excluding carboxylic acids is 1. The predicted octanol–water partition coefficient (Wildman–Crippen LogP) is -0.442. The van der Waals surface area contributed by atoms with E-state index < -0.39 is 11.6 Å². The Kier molecular flexibility index (Phi) is 5.13. The van der Waals surface area contributed by atoms with Crippen molar-refractivity contribution in [3.63, 3.8) is 0 Å². The molecule has 1 aliphatic rings. The van der Waals surface area contributed by atoms with E-state index in [1.165, 1.54) is 0 Å². The van der Waals surface area contributed by atoms with Gasteiger partial charge in [-0.05, 0) is 33.9 Å². The summed E-state index contributed by atoms with van der Waals surface area (Å²) in [5.41, 5.74) is -1.94. The number of aliphatic hydroxyl groups is 1. The Morgan fingerprint density at radius 2 is 2.11 bits per heavy atom. The van der Waals surface area contributed by atoms with Gasteiger partial charge in [0, 0.05) is 19.1 Å². The quantitative estimate of drug-likeness (QED) is 0.645. The van der Waals surface area contributed by atoms with E-state index in [1.54, 1.807) is 4.90 Å². The number of hydrogen-bond acceptors (Lipinski definition) is 4. The van der Waals surface area contributed by atoms with Crippen molar-refractivity contribution in [2.75, 3.05) is 33.7 Å². The first kappa shape index (κ1) is 15.7. The van der Waals surface area contributed by atoms with Crippen LogP contribution in [0.3, 0.4) is 0 Å². The van der Waals surface area contributed by atoms with Gasteiger partial charge in [0.25, 0.3) is 0 Å². The van der Waals surface area contributed by atoms with Crippen LogP contribution in [0.5, 0.6) is 0 Å². The summed E-state index contributed by atoms with van der Waals surface area (Å²) in [6, 6.07) is -0.00689. The minimum atomic E-state index is -1.94. The number of likely N-dealkylation sites (N-methyl/N-ethyl adjacent to an activating group) is 1. The van der Waals surface area contributed by atoms with Gasteiger partial charge in [0.15, 0.2) is 5.60 Å². The van der Waals surface area contributed by atoms with E-state index in [0.717, 1.165) is 19.8 Å². The predicted molar refractivity (Wildman–Crippen MR) is 69.9 cm³/mol. The Bertz CT molecular complexity index is 344. The molecular formula is C12H23N3O4. The van der Waals surface area contributed by atoms with Crippen molar-refractivity contribution in [3.8, 4) is 0 Å². The number of nitrogens with zero attached hydrogens (tertiary/aromatic N) is 2. The van der Waals surface area contributed by atoms with Gasteiger partial charge in [0.1, 0.15) is 0 Å². The van der Waals surface area contributed by atoms with Crippen molar-refractivity contribution in [2.24, 2.45) is 0 Å². The first-order valence-electron chi connectivity index (χ1n) is 6.39. The fourth-order valence-electron chi connectivity index (χ4n) is 2.00. The summed E-state index contributed by atoms with van der Waals surface area (Å²) in [7, 11) is 3.95. The van der Waals surface area contributed by atoms with Gasteiger partial charge < -0.3 is 25.3 Å². The SMILES string of the molecule is CN(C)C1CCCN(C(=O)NCC(C)(O)C(=O)O)C1. The van der Waals surface area contributed by atoms with Gasteiger partial charge in [-0.1, -0.05) is 0 Å². The summed E-state index contributed by atoms with van der Waals surface area (Å²) in [4.78, 5) is 26.4. The average molecular weight is 273 g/mol. The summed E-state index contributed by atoms with van der Waals surface area (Å²) in [5.74, 6) is -1.35. The molecule has 1 heterocycles. The number of aliphatic carboxylic acids is 1. The topological polar surface area (TPSA) is 93.1 Å². The first-order valence-corrected chi connectivity index (χ1v) is 6.39. The fourth-order valence-corrected chi connectivity index (χ4v) is 2.00. The van der Waals surface area contributed by atoms with Crippen LogP contribution in [0.4, 0.5) is 4.79 Å². The van der Waals surface area contributed by atoms with Crippen LogP contribution in [-0.2, 0) is 4.79 Å². The second-order valence-electron chi connectivity index (χ2n) is 5.44. The highest BCUT2D eigenvalue weighted by Crippen LogP contribution is 2.13. The lowest BCUT2D eigenvalue weighted by atomic mass is 10.1. The van der Waals surface area contributed by atoms with Crippen LogP contribution in [0, 0.1) is 0 Å². The lowest BCUT2D eigenvalue weighted by molar-refractivity contribution is -0.155. The van der Waals surface area contributed by atoms with Crippen LogP contribution in [0.25, 0.3) is 0 Å². The summed E-state index contributed by atoms with van der Waals surface area (Å²) in [6.07, 6.45) is 1.97. The highest BCUT2D eigenvalue weighted by Gasteiger charge is 2.32. The Morgan fingerprint density at radius 1 is 1.47 bits per heavy atom. The molecule has 7 nitrogen and oxygen atoms in total. The lowest BCUT2D eigenvalue weighted by Crippen LogP contribution is -2.54. The maximum atomic E-state index is 11.9. The van der Waals surface area contributed by atoms with Crippen molar-refractivity contribution in [3.05, 3.63) is 0 Å². The van der Waals surface area contributed by atoms with E-state index in [9.17, 15) is 14.7 Å². The van der Waals surface area contributed by atoms with Crippen molar-refractivity contribution < 1.29 is 19.8 Å². The van der Waals surface area contributed by atoms with Crippen LogP contribution >= 0.6 is 0 Å². The zero-order valence-corrected chi connectivity index (χ0v) is 11.7. The maximum absolute atomic E-state index is 11.9. The standard InChI is InChI=1S/C12H23N3O4/c1-12(19,10(16)17)8-13-11(18)15-6-4-5-9(7-15)14(2)3/h9,19H,4-8H2,1-3H3,(H,13,18)(H,16,17). The van der Waals surface area contributed by atoms with Crippen LogP contribution in [-0.4, -0.2) is 77.4 Å². The summed E-state index contributed by atoms with van der Waals surface area (Å²) < 4.78 is 0. The van der Waals surface area contributed by atoms with E-state index >= 15 is 0 Å². The number of carbonyl (C=O) groups is 2. The normalized spacial score (nSPS) is 23.0. The highest BCUT2D eigenvalue weighted by molar-refractivity contribution is 5.79. The molecule has 7 heteroatoms. The number of carboxylic acids is 1.